The molecule has 1 N–H and O–H groups in total. The standard InChI is InChI=1S/C24H22F2N4O/c1-14-19(10-12-22(31)28-21-11-9-18(25)13-20(21)26)16(3)30-24(27-14)23(15(2)29-30)17-7-5-4-6-8-17/h4-9,11,13H,10,12H2,1-3H3,(H,28,31). The molecule has 158 valence electrons. The molecular weight excluding hydrogens is 398 g/mol. The van der Waals surface area contributed by atoms with Gasteiger partial charge in [0.25, 0.3) is 0 Å². The minimum atomic E-state index is -0.802. The maximum Gasteiger partial charge on any atom is 0.224 e. The summed E-state index contributed by atoms with van der Waals surface area (Å²) in [6.07, 6.45) is 0.562. The number of hydrogen-bond acceptors (Lipinski definition) is 3. The molecule has 2 aromatic heterocycles. The third-order valence-electron chi connectivity index (χ3n) is 5.37. The minimum absolute atomic E-state index is 0.0383. The zero-order valence-corrected chi connectivity index (χ0v) is 17.5. The maximum atomic E-state index is 13.8. The number of fused-ring (bicyclic) bond motifs is 1. The van der Waals surface area contributed by atoms with Crippen LogP contribution in [0.4, 0.5) is 14.5 Å². The van der Waals surface area contributed by atoms with Gasteiger partial charge in [-0.25, -0.2) is 18.3 Å². The van der Waals surface area contributed by atoms with Gasteiger partial charge in [-0.3, -0.25) is 4.79 Å². The Morgan fingerprint density at radius 3 is 2.48 bits per heavy atom. The molecule has 5 nitrogen and oxygen atoms in total. The van der Waals surface area contributed by atoms with Crippen LogP contribution in [0.3, 0.4) is 0 Å². The number of carbonyl (C=O) groups excluding carboxylic acids is 1. The largest absolute Gasteiger partial charge is 0.324 e. The summed E-state index contributed by atoms with van der Waals surface area (Å²) in [5.74, 6) is -1.85. The lowest BCUT2D eigenvalue weighted by molar-refractivity contribution is -0.116. The van der Waals surface area contributed by atoms with Crippen LogP contribution in [0.2, 0.25) is 0 Å². The monoisotopic (exact) mass is 420 g/mol. The van der Waals surface area contributed by atoms with Gasteiger partial charge in [0.2, 0.25) is 5.91 Å². The molecule has 0 bridgehead atoms. The SMILES string of the molecule is Cc1nc2c(-c3ccccc3)c(C)nn2c(C)c1CCC(=O)Nc1ccc(F)cc1F. The molecule has 7 heteroatoms. The van der Waals surface area contributed by atoms with Crippen molar-refractivity contribution in [3.05, 3.63) is 82.8 Å². The number of benzene rings is 2. The van der Waals surface area contributed by atoms with Gasteiger partial charge in [0.05, 0.1) is 11.4 Å². The van der Waals surface area contributed by atoms with E-state index in [4.69, 9.17) is 4.98 Å². The zero-order valence-electron chi connectivity index (χ0n) is 17.5. The first-order chi connectivity index (χ1) is 14.8. The highest BCUT2D eigenvalue weighted by molar-refractivity contribution is 5.91. The molecule has 0 saturated heterocycles. The van der Waals surface area contributed by atoms with Crippen molar-refractivity contribution in [2.45, 2.75) is 33.6 Å². The fourth-order valence-corrected chi connectivity index (χ4v) is 3.81. The van der Waals surface area contributed by atoms with Crippen LogP contribution in [0.1, 0.15) is 29.1 Å². The molecule has 4 aromatic rings. The molecule has 2 heterocycles. The van der Waals surface area contributed by atoms with E-state index in [1.54, 1.807) is 0 Å². The average molecular weight is 420 g/mol. The average Bonchev–Trinajstić information content (AvgIpc) is 3.06. The van der Waals surface area contributed by atoms with Gasteiger partial charge in [0.1, 0.15) is 11.6 Å². The van der Waals surface area contributed by atoms with Crippen LogP contribution in [0.15, 0.2) is 48.5 Å². The molecule has 0 radical (unpaired) electrons. The number of carbonyl (C=O) groups is 1. The number of anilines is 1. The second-order valence-corrected chi connectivity index (χ2v) is 7.50. The molecular formula is C24H22F2N4O. The second-order valence-electron chi connectivity index (χ2n) is 7.50. The highest BCUT2D eigenvalue weighted by atomic mass is 19.1. The van der Waals surface area contributed by atoms with Crippen molar-refractivity contribution >= 4 is 17.2 Å². The Morgan fingerprint density at radius 2 is 1.77 bits per heavy atom. The number of hydrogen-bond donors (Lipinski definition) is 1. The highest BCUT2D eigenvalue weighted by Gasteiger charge is 2.18. The summed E-state index contributed by atoms with van der Waals surface area (Å²) in [7, 11) is 0. The van der Waals surface area contributed by atoms with E-state index in [0.29, 0.717) is 6.42 Å². The van der Waals surface area contributed by atoms with Gasteiger partial charge in [0, 0.05) is 29.4 Å². The summed E-state index contributed by atoms with van der Waals surface area (Å²) in [6.45, 7) is 5.82. The fourth-order valence-electron chi connectivity index (χ4n) is 3.81. The van der Waals surface area contributed by atoms with Crippen LogP contribution in [-0.4, -0.2) is 20.5 Å². The number of nitrogens with one attached hydrogen (secondary N) is 1. The van der Waals surface area contributed by atoms with Gasteiger partial charge in [-0.05, 0) is 50.5 Å². The molecule has 31 heavy (non-hydrogen) atoms. The summed E-state index contributed by atoms with van der Waals surface area (Å²) in [6, 6.07) is 13.1. The molecule has 0 unspecified atom stereocenters. The normalized spacial score (nSPS) is 11.1. The van der Waals surface area contributed by atoms with E-state index >= 15 is 0 Å². The summed E-state index contributed by atoms with van der Waals surface area (Å²) in [4.78, 5) is 17.1. The van der Waals surface area contributed by atoms with Crippen LogP contribution in [0, 0.1) is 32.4 Å². The van der Waals surface area contributed by atoms with Crippen molar-refractivity contribution in [3.8, 4) is 11.1 Å². The van der Waals surface area contributed by atoms with Crippen LogP contribution >= 0.6 is 0 Å². The van der Waals surface area contributed by atoms with E-state index < -0.39 is 11.6 Å². The molecule has 0 aliphatic carbocycles. The first kappa shape index (κ1) is 20.7. The summed E-state index contributed by atoms with van der Waals surface area (Å²) in [5, 5.41) is 7.17. The van der Waals surface area contributed by atoms with Gasteiger partial charge >= 0.3 is 0 Å². The van der Waals surface area contributed by atoms with Gasteiger partial charge in [-0.2, -0.15) is 5.10 Å². The van der Waals surface area contributed by atoms with E-state index in [1.165, 1.54) is 6.07 Å². The van der Waals surface area contributed by atoms with E-state index in [1.807, 2.05) is 55.6 Å². The summed E-state index contributed by atoms with van der Waals surface area (Å²) < 4.78 is 28.6. The van der Waals surface area contributed by atoms with Crippen molar-refractivity contribution < 1.29 is 13.6 Å². The number of aromatic nitrogens is 3. The number of amides is 1. The van der Waals surface area contributed by atoms with Gasteiger partial charge in [0.15, 0.2) is 5.65 Å². The third-order valence-corrected chi connectivity index (χ3v) is 5.37. The molecule has 0 saturated carbocycles. The predicted molar refractivity (Wildman–Crippen MR) is 116 cm³/mol. The van der Waals surface area contributed by atoms with Crippen molar-refractivity contribution in [1.82, 2.24) is 14.6 Å². The Balaban J connectivity index is 1.59. The summed E-state index contributed by atoms with van der Waals surface area (Å²) >= 11 is 0. The maximum absolute atomic E-state index is 13.8. The van der Waals surface area contributed by atoms with Crippen molar-refractivity contribution in [3.63, 3.8) is 0 Å². The molecule has 0 fully saturated rings. The molecule has 1 amide bonds. The van der Waals surface area contributed by atoms with Crippen LogP contribution in [0.5, 0.6) is 0 Å². The van der Waals surface area contributed by atoms with E-state index in [-0.39, 0.29) is 18.0 Å². The van der Waals surface area contributed by atoms with E-state index in [0.717, 1.165) is 51.6 Å². The van der Waals surface area contributed by atoms with Crippen LogP contribution in [-0.2, 0) is 11.2 Å². The number of halogens is 2. The van der Waals surface area contributed by atoms with Gasteiger partial charge < -0.3 is 5.32 Å². The number of rotatable bonds is 5. The molecule has 4 rings (SSSR count). The highest BCUT2D eigenvalue weighted by Crippen LogP contribution is 2.29. The Hall–Kier alpha value is -3.61. The molecule has 0 aliphatic rings. The van der Waals surface area contributed by atoms with Crippen molar-refractivity contribution in [1.29, 1.82) is 0 Å². The minimum Gasteiger partial charge on any atom is -0.324 e. The van der Waals surface area contributed by atoms with E-state index in [9.17, 15) is 13.6 Å². The molecule has 0 atom stereocenters. The Labute approximate surface area is 178 Å². The fraction of sp³-hybridized carbons (Fsp3) is 0.208. The quantitative estimate of drug-likeness (QED) is 0.485. The number of nitrogens with zero attached hydrogens (tertiary/aromatic N) is 3. The summed E-state index contributed by atoms with van der Waals surface area (Å²) in [5.41, 5.74) is 6.31. The second kappa shape index (κ2) is 8.26. The van der Waals surface area contributed by atoms with Crippen LogP contribution < -0.4 is 5.32 Å². The molecule has 2 aromatic carbocycles. The lowest BCUT2D eigenvalue weighted by Gasteiger charge is -2.12. The molecule has 0 spiro atoms. The lowest BCUT2D eigenvalue weighted by Crippen LogP contribution is -2.15. The number of aryl methyl sites for hydroxylation is 3. The topological polar surface area (TPSA) is 59.3 Å². The van der Waals surface area contributed by atoms with Gasteiger partial charge in [-0.1, -0.05) is 30.3 Å². The third kappa shape index (κ3) is 4.03. The predicted octanol–water partition coefficient (Wildman–Crippen LogP) is 5.17. The van der Waals surface area contributed by atoms with Crippen molar-refractivity contribution in [2.75, 3.05) is 5.32 Å². The Morgan fingerprint density at radius 1 is 1.03 bits per heavy atom. The van der Waals surface area contributed by atoms with Gasteiger partial charge in [-0.15, -0.1) is 0 Å². The first-order valence-electron chi connectivity index (χ1n) is 10.0. The Bertz CT molecular complexity index is 1280. The lowest BCUT2D eigenvalue weighted by atomic mass is 10.0. The van der Waals surface area contributed by atoms with Crippen molar-refractivity contribution in [2.24, 2.45) is 0 Å². The molecule has 0 aliphatic heterocycles. The van der Waals surface area contributed by atoms with E-state index in [2.05, 4.69) is 10.4 Å². The first-order valence-corrected chi connectivity index (χ1v) is 10.0. The smallest absolute Gasteiger partial charge is 0.224 e. The zero-order chi connectivity index (χ0) is 22.1. The van der Waals surface area contributed by atoms with Crippen LogP contribution in [0.25, 0.3) is 16.8 Å². The Kier molecular flexibility index (Phi) is 5.50.